The number of hydrogen-bond acceptors (Lipinski definition) is 7. The summed E-state index contributed by atoms with van der Waals surface area (Å²) in [6.07, 6.45) is -1.27. The van der Waals surface area contributed by atoms with Crippen LogP contribution >= 0.6 is 8.25 Å². The fourth-order valence-electron chi connectivity index (χ4n) is 3.56. The molecule has 7 nitrogen and oxygen atoms in total. The molecule has 0 heterocycles. The van der Waals surface area contributed by atoms with Gasteiger partial charge in [0.1, 0.15) is 12.2 Å². The predicted octanol–water partition coefficient (Wildman–Crippen LogP) is 5.32. The Morgan fingerprint density at radius 3 is 0.853 bits per heavy atom. The van der Waals surface area contributed by atoms with Gasteiger partial charge in [0.2, 0.25) is 0 Å². The molecule has 0 spiro atoms. The Balaban J connectivity index is 1.63. The molecule has 4 rings (SSSR count). The first kappa shape index (κ1) is 23.4. The Kier molecular flexibility index (Phi) is 7.18. The average molecular weight is 475 g/mol. The monoisotopic (exact) mass is 474 g/mol. The summed E-state index contributed by atoms with van der Waals surface area (Å²) in [5.74, 6) is 0. The van der Waals surface area contributed by atoms with E-state index in [9.17, 15) is 4.57 Å². The lowest BCUT2D eigenvalue weighted by molar-refractivity contribution is 0.163. The summed E-state index contributed by atoms with van der Waals surface area (Å²) in [5, 5.41) is 0. The molecule has 0 aliphatic heterocycles. The van der Waals surface area contributed by atoms with Gasteiger partial charge in [-0.2, -0.15) is 0 Å². The molecule has 0 radical (unpaired) electrons. The maximum atomic E-state index is 13.3. The first-order valence-electron chi connectivity index (χ1n) is 10.7. The van der Waals surface area contributed by atoms with Crippen molar-refractivity contribution in [3.05, 3.63) is 119 Å². The summed E-state index contributed by atoms with van der Waals surface area (Å²) >= 11 is 0. The van der Waals surface area contributed by atoms with Crippen LogP contribution in [0.2, 0.25) is 0 Å². The van der Waals surface area contributed by atoms with Gasteiger partial charge in [0.05, 0.1) is 0 Å². The minimum absolute atomic E-state index is 0.621. The van der Waals surface area contributed by atoms with Crippen LogP contribution in [0.5, 0.6) is 0 Å². The van der Waals surface area contributed by atoms with Gasteiger partial charge in [-0.25, -0.2) is 0 Å². The Morgan fingerprint density at radius 1 is 0.441 bits per heavy atom. The van der Waals surface area contributed by atoms with Crippen LogP contribution in [-0.2, 0) is 13.6 Å². The summed E-state index contributed by atoms with van der Waals surface area (Å²) in [4.78, 5) is 0. The van der Waals surface area contributed by atoms with Crippen LogP contribution in [0, 0.1) is 0 Å². The molecule has 0 fully saturated rings. The number of rotatable bonds is 8. The highest BCUT2D eigenvalue weighted by atomic mass is 31.1. The number of hydrogen-bond donors (Lipinski definition) is 4. The van der Waals surface area contributed by atoms with Gasteiger partial charge in [0, 0.05) is 22.7 Å². The molecule has 34 heavy (non-hydrogen) atoms. The van der Waals surface area contributed by atoms with Crippen LogP contribution in [0.1, 0.15) is 34.5 Å². The molecule has 0 aliphatic carbocycles. The number of nitrogen functional groups attached to an aromatic ring is 4. The zero-order valence-electron chi connectivity index (χ0n) is 18.4. The standard InChI is InChI=1S/C26H27N4O3P/c27-21-9-1-17(2-10-21)25(18-3-11-22(28)12-4-18)32-34(31)33-26(19-5-13-23(29)14-6-19)20-7-15-24(30)16-8-20/h1-16,25-26,34H,27-30H2. The number of benzene rings is 4. The zero-order chi connectivity index (χ0) is 24.1. The quantitative estimate of drug-likeness (QED) is 0.200. The largest absolute Gasteiger partial charge is 0.399 e. The lowest BCUT2D eigenvalue weighted by atomic mass is 10.0. The SMILES string of the molecule is Nc1ccc(C(O[PH](=O)OC(c2ccc(N)cc2)c2ccc(N)cc2)c2ccc(N)cc2)cc1. The highest BCUT2D eigenvalue weighted by Gasteiger charge is 2.23. The minimum Gasteiger partial charge on any atom is -0.399 e. The van der Waals surface area contributed by atoms with Crippen molar-refractivity contribution in [3.8, 4) is 0 Å². The fourth-order valence-corrected chi connectivity index (χ4v) is 4.55. The van der Waals surface area contributed by atoms with Gasteiger partial charge in [-0.3, -0.25) is 13.6 Å². The van der Waals surface area contributed by atoms with Gasteiger partial charge in [-0.15, -0.1) is 0 Å². The lowest BCUT2D eigenvalue weighted by Crippen LogP contribution is -2.07. The molecule has 0 saturated carbocycles. The van der Waals surface area contributed by atoms with E-state index < -0.39 is 20.5 Å². The van der Waals surface area contributed by atoms with Crippen molar-refractivity contribution in [2.24, 2.45) is 0 Å². The first-order valence-corrected chi connectivity index (χ1v) is 11.9. The smallest absolute Gasteiger partial charge is 0.320 e. The van der Waals surface area contributed by atoms with Crippen molar-refractivity contribution in [1.29, 1.82) is 0 Å². The van der Waals surface area contributed by atoms with Crippen LogP contribution in [-0.4, -0.2) is 0 Å². The van der Waals surface area contributed by atoms with Crippen LogP contribution in [0.3, 0.4) is 0 Å². The van der Waals surface area contributed by atoms with Crippen molar-refractivity contribution < 1.29 is 13.6 Å². The van der Waals surface area contributed by atoms with Gasteiger partial charge in [0.25, 0.3) is 0 Å². The topological polar surface area (TPSA) is 140 Å². The van der Waals surface area contributed by atoms with E-state index in [0.29, 0.717) is 22.7 Å². The van der Waals surface area contributed by atoms with Gasteiger partial charge < -0.3 is 22.9 Å². The Labute approximate surface area is 199 Å². The fraction of sp³-hybridized carbons (Fsp3) is 0.0769. The highest BCUT2D eigenvalue weighted by molar-refractivity contribution is 7.33. The van der Waals surface area contributed by atoms with E-state index in [1.54, 1.807) is 48.5 Å². The number of nitrogens with two attached hydrogens (primary N) is 4. The van der Waals surface area contributed by atoms with Crippen molar-refractivity contribution in [3.63, 3.8) is 0 Å². The van der Waals surface area contributed by atoms with Crippen molar-refractivity contribution in [2.75, 3.05) is 22.9 Å². The van der Waals surface area contributed by atoms with E-state index in [1.807, 2.05) is 48.5 Å². The lowest BCUT2D eigenvalue weighted by Gasteiger charge is -2.23. The maximum Gasteiger partial charge on any atom is 0.320 e. The van der Waals surface area contributed by atoms with E-state index in [4.69, 9.17) is 32.0 Å². The third-order valence-electron chi connectivity index (χ3n) is 5.39. The Bertz CT molecular complexity index is 1060. The normalized spacial score (nSPS) is 11.4. The van der Waals surface area contributed by atoms with Crippen molar-refractivity contribution in [1.82, 2.24) is 0 Å². The highest BCUT2D eigenvalue weighted by Crippen LogP contribution is 2.43. The van der Waals surface area contributed by atoms with E-state index >= 15 is 0 Å². The molecule has 0 saturated heterocycles. The molecule has 0 aliphatic rings. The van der Waals surface area contributed by atoms with E-state index in [2.05, 4.69) is 0 Å². The second-order valence-corrected chi connectivity index (χ2v) is 8.88. The van der Waals surface area contributed by atoms with Crippen molar-refractivity contribution in [2.45, 2.75) is 12.2 Å². The number of anilines is 4. The van der Waals surface area contributed by atoms with E-state index in [1.165, 1.54) is 0 Å². The van der Waals surface area contributed by atoms with Crippen LogP contribution in [0.25, 0.3) is 0 Å². The van der Waals surface area contributed by atoms with Gasteiger partial charge in [0.15, 0.2) is 0 Å². The van der Waals surface area contributed by atoms with Crippen LogP contribution in [0.15, 0.2) is 97.1 Å². The summed E-state index contributed by atoms with van der Waals surface area (Å²) in [7, 11) is -2.99. The molecule has 8 heteroatoms. The molecule has 4 aromatic carbocycles. The summed E-state index contributed by atoms with van der Waals surface area (Å²) in [6.45, 7) is 0. The second kappa shape index (κ2) is 10.4. The molecule has 0 amide bonds. The van der Waals surface area contributed by atoms with E-state index in [0.717, 1.165) is 22.3 Å². The third-order valence-corrected chi connectivity index (χ3v) is 6.24. The molecule has 4 aromatic rings. The van der Waals surface area contributed by atoms with Gasteiger partial charge in [-0.05, 0) is 70.8 Å². The third kappa shape index (κ3) is 5.77. The summed E-state index contributed by atoms with van der Waals surface area (Å²) in [6, 6.07) is 28.9. The van der Waals surface area contributed by atoms with Crippen molar-refractivity contribution >= 4 is 31.0 Å². The Morgan fingerprint density at radius 2 is 0.647 bits per heavy atom. The molecule has 0 unspecified atom stereocenters. The second-order valence-electron chi connectivity index (χ2n) is 7.91. The average Bonchev–Trinajstić information content (AvgIpc) is 2.84. The van der Waals surface area contributed by atoms with Gasteiger partial charge in [-0.1, -0.05) is 48.5 Å². The first-order chi connectivity index (χ1) is 16.4. The minimum atomic E-state index is -2.99. The van der Waals surface area contributed by atoms with Crippen LogP contribution < -0.4 is 22.9 Å². The van der Waals surface area contributed by atoms with E-state index in [-0.39, 0.29) is 0 Å². The predicted molar refractivity (Wildman–Crippen MR) is 138 cm³/mol. The zero-order valence-corrected chi connectivity index (χ0v) is 19.4. The maximum absolute atomic E-state index is 13.3. The molecule has 0 bridgehead atoms. The molecular weight excluding hydrogens is 447 g/mol. The molecular formula is C26H27N4O3P. The summed E-state index contributed by atoms with van der Waals surface area (Å²) in [5.41, 5.74) is 29.0. The van der Waals surface area contributed by atoms with Gasteiger partial charge >= 0.3 is 8.25 Å². The molecule has 8 N–H and O–H groups in total. The molecule has 0 atom stereocenters. The molecule has 174 valence electrons. The van der Waals surface area contributed by atoms with Crippen LogP contribution in [0.4, 0.5) is 22.7 Å². The molecule has 0 aromatic heterocycles. The Hall–Kier alpha value is -3.77. The summed E-state index contributed by atoms with van der Waals surface area (Å²) < 4.78 is 25.3.